The van der Waals surface area contributed by atoms with E-state index in [0.717, 1.165) is 29.7 Å². The molecule has 1 saturated carbocycles. The van der Waals surface area contributed by atoms with Crippen LogP contribution in [0.2, 0.25) is 0 Å². The van der Waals surface area contributed by atoms with Crippen LogP contribution in [0, 0.1) is 0 Å². The van der Waals surface area contributed by atoms with E-state index in [-0.39, 0.29) is 6.04 Å². The Morgan fingerprint density at radius 1 is 1.41 bits per heavy atom. The molecule has 0 bridgehead atoms. The van der Waals surface area contributed by atoms with E-state index in [1.54, 1.807) is 0 Å². The molecule has 2 atom stereocenters. The van der Waals surface area contributed by atoms with Gasteiger partial charge in [-0.25, -0.2) is 14.4 Å². The van der Waals surface area contributed by atoms with Crippen molar-refractivity contribution in [2.24, 2.45) is 0 Å². The third kappa shape index (κ3) is 1.66. The van der Waals surface area contributed by atoms with Crippen molar-refractivity contribution in [1.82, 2.24) is 15.0 Å². The molecular weight excluding hydrogens is 219 g/mol. The molecule has 0 aromatic carbocycles. The second kappa shape index (κ2) is 3.98. The molecule has 2 aromatic rings. The molecule has 0 saturated heterocycles. The fraction of sp³-hybridized carbons (Fsp3) is 0.500. The fourth-order valence-corrected chi connectivity index (χ4v) is 2.63. The van der Waals surface area contributed by atoms with Crippen molar-refractivity contribution in [3.05, 3.63) is 18.6 Å². The monoisotopic (exact) mass is 234 g/mol. The van der Waals surface area contributed by atoms with Crippen molar-refractivity contribution in [3.8, 4) is 0 Å². The number of fused-ring (bicyclic) bond motifs is 1. The lowest BCUT2D eigenvalue weighted by Gasteiger charge is -2.27. The highest BCUT2D eigenvalue weighted by Gasteiger charge is 2.31. The maximum atomic E-state index is 13.8. The van der Waals surface area contributed by atoms with Gasteiger partial charge in [-0.15, -0.1) is 0 Å². The third-order valence-electron chi connectivity index (χ3n) is 3.56. The molecule has 0 spiro atoms. The van der Waals surface area contributed by atoms with Gasteiger partial charge in [0.25, 0.3) is 0 Å². The lowest BCUT2D eigenvalue weighted by molar-refractivity contribution is 0.307. The molecule has 1 aliphatic rings. The minimum atomic E-state index is -0.746. The van der Waals surface area contributed by atoms with Crippen LogP contribution in [0.15, 0.2) is 18.6 Å². The number of anilines is 1. The summed E-state index contributed by atoms with van der Waals surface area (Å²) in [5.74, 6) is 0.811. The molecule has 3 rings (SSSR count). The Balaban J connectivity index is 2.00. The minimum absolute atomic E-state index is 0.0528. The summed E-state index contributed by atoms with van der Waals surface area (Å²) in [6, 6.07) is 1.88. The molecular formula is C12H15FN4. The Kier molecular flexibility index (Phi) is 2.46. The van der Waals surface area contributed by atoms with Gasteiger partial charge < -0.3 is 9.88 Å². The van der Waals surface area contributed by atoms with E-state index in [1.807, 2.05) is 24.2 Å². The molecule has 17 heavy (non-hydrogen) atoms. The molecule has 5 heteroatoms. The van der Waals surface area contributed by atoms with E-state index >= 15 is 0 Å². The van der Waals surface area contributed by atoms with E-state index < -0.39 is 6.17 Å². The Bertz CT molecular complexity index is 524. The van der Waals surface area contributed by atoms with E-state index in [2.05, 4.69) is 15.0 Å². The van der Waals surface area contributed by atoms with Crippen molar-refractivity contribution < 1.29 is 4.39 Å². The number of rotatable bonds is 2. The summed E-state index contributed by atoms with van der Waals surface area (Å²) in [5.41, 5.74) is 0.801. The first-order chi connectivity index (χ1) is 8.27. The number of H-pyrrole nitrogens is 1. The first kappa shape index (κ1) is 10.5. The molecule has 90 valence electrons. The smallest absolute Gasteiger partial charge is 0.142 e. The van der Waals surface area contributed by atoms with Gasteiger partial charge in [0.05, 0.1) is 11.4 Å². The Morgan fingerprint density at radius 3 is 3.06 bits per heavy atom. The van der Waals surface area contributed by atoms with Crippen molar-refractivity contribution in [2.75, 3.05) is 11.9 Å². The number of hydrogen-bond acceptors (Lipinski definition) is 3. The van der Waals surface area contributed by atoms with Crippen LogP contribution in [0.3, 0.4) is 0 Å². The molecule has 2 aromatic heterocycles. The lowest BCUT2D eigenvalue weighted by Crippen LogP contribution is -2.36. The van der Waals surface area contributed by atoms with Gasteiger partial charge in [0.15, 0.2) is 0 Å². The predicted molar refractivity (Wildman–Crippen MR) is 64.8 cm³/mol. The number of halogens is 1. The summed E-state index contributed by atoms with van der Waals surface area (Å²) in [7, 11) is 1.91. The fourth-order valence-electron chi connectivity index (χ4n) is 2.63. The van der Waals surface area contributed by atoms with E-state index in [9.17, 15) is 4.39 Å². The van der Waals surface area contributed by atoms with Crippen LogP contribution in [0.1, 0.15) is 19.3 Å². The topological polar surface area (TPSA) is 44.8 Å². The quantitative estimate of drug-likeness (QED) is 0.867. The molecule has 0 unspecified atom stereocenters. The minimum Gasteiger partial charge on any atom is -0.353 e. The molecule has 1 fully saturated rings. The standard InChI is InChI=1S/C12H15FN4/c1-17(10-4-2-3-9(10)13)12-8-5-6-14-11(8)15-7-16-12/h5-7,9-10H,2-4H2,1H3,(H,14,15,16)/t9-,10-/m1/s1. The van der Waals surface area contributed by atoms with Crippen molar-refractivity contribution in [2.45, 2.75) is 31.5 Å². The summed E-state index contributed by atoms with van der Waals surface area (Å²) in [6.07, 6.45) is 5.12. The van der Waals surface area contributed by atoms with E-state index in [4.69, 9.17) is 0 Å². The zero-order valence-electron chi connectivity index (χ0n) is 9.73. The Morgan fingerprint density at radius 2 is 2.29 bits per heavy atom. The zero-order chi connectivity index (χ0) is 11.8. The Hall–Kier alpha value is -1.65. The summed E-state index contributed by atoms with van der Waals surface area (Å²) >= 11 is 0. The largest absolute Gasteiger partial charge is 0.353 e. The van der Waals surface area contributed by atoms with Crippen LogP contribution in [0.25, 0.3) is 11.0 Å². The zero-order valence-corrected chi connectivity index (χ0v) is 9.73. The van der Waals surface area contributed by atoms with Gasteiger partial charge in [-0.05, 0) is 25.3 Å². The van der Waals surface area contributed by atoms with Crippen molar-refractivity contribution in [3.63, 3.8) is 0 Å². The number of nitrogens with one attached hydrogen (secondary N) is 1. The van der Waals surface area contributed by atoms with Gasteiger partial charge >= 0.3 is 0 Å². The van der Waals surface area contributed by atoms with Crippen LogP contribution in [0.4, 0.5) is 10.2 Å². The maximum Gasteiger partial charge on any atom is 0.142 e. The van der Waals surface area contributed by atoms with Crippen molar-refractivity contribution in [1.29, 1.82) is 0 Å². The van der Waals surface area contributed by atoms with Gasteiger partial charge in [-0.1, -0.05) is 0 Å². The number of aromatic amines is 1. The lowest BCUT2D eigenvalue weighted by atomic mass is 10.2. The average molecular weight is 234 g/mol. The molecule has 0 radical (unpaired) electrons. The van der Waals surface area contributed by atoms with Gasteiger partial charge in [-0.3, -0.25) is 0 Å². The Labute approximate surface area is 98.9 Å². The van der Waals surface area contributed by atoms with Gasteiger partial charge in [-0.2, -0.15) is 0 Å². The highest BCUT2D eigenvalue weighted by atomic mass is 19.1. The number of nitrogens with zero attached hydrogens (tertiary/aromatic N) is 3. The number of aromatic nitrogens is 3. The van der Waals surface area contributed by atoms with Gasteiger partial charge in [0.1, 0.15) is 24.0 Å². The van der Waals surface area contributed by atoms with Crippen LogP contribution >= 0.6 is 0 Å². The molecule has 2 heterocycles. The maximum absolute atomic E-state index is 13.8. The second-order valence-electron chi connectivity index (χ2n) is 4.56. The molecule has 1 N–H and O–H groups in total. The van der Waals surface area contributed by atoms with Crippen molar-refractivity contribution >= 4 is 16.9 Å². The van der Waals surface area contributed by atoms with Gasteiger partial charge in [0.2, 0.25) is 0 Å². The highest BCUT2D eigenvalue weighted by molar-refractivity contribution is 5.87. The van der Waals surface area contributed by atoms with Crippen LogP contribution in [-0.2, 0) is 0 Å². The summed E-state index contributed by atoms with van der Waals surface area (Å²) in [6.45, 7) is 0. The van der Waals surface area contributed by atoms with Crippen LogP contribution in [-0.4, -0.2) is 34.2 Å². The van der Waals surface area contributed by atoms with Crippen LogP contribution < -0.4 is 4.90 Å². The predicted octanol–water partition coefficient (Wildman–Crippen LogP) is 2.28. The SMILES string of the molecule is CN(c1ncnc2[nH]ccc12)[C@@H]1CCC[C@H]1F. The number of alkyl halides is 1. The third-order valence-corrected chi connectivity index (χ3v) is 3.56. The summed E-state index contributed by atoms with van der Waals surface area (Å²) in [4.78, 5) is 13.4. The summed E-state index contributed by atoms with van der Waals surface area (Å²) < 4.78 is 13.8. The molecule has 1 aliphatic carbocycles. The van der Waals surface area contributed by atoms with Crippen LogP contribution in [0.5, 0.6) is 0 Å². The summed E-state index contributed by atoms with van der Waals surface area (Å²) in [5, 5.41) is 0.953. The average Bonchev–Trinajstić information content (AvgIpc) is 2.95. The normalized spacial score (nSPS) is 24.4. The second-order valence-corrected chi connectivity index (χ2v) is 4.56. The van der Waals surface area contributed by atoms with E-state index in [1.165, 1.54) is 6.33 Å². The molecule has 0 aliphatic heterocycles. The first-order valence-corrected chi connectivity index (χ1v) is 5.92. The van der Waals surface area contributed by atoms with E-state index in [0.29, 0.717) is 6.42 Å². The highest BCUT2D eigenvalue weighted by Crippen LogP contribution is 2.31. The molecule has 4 nitrogen and oxygen atoms in total. The van der Waals surface area contributed by atoms with Gasteiger partial charge in [0, 0.05) is 13.2 Å². The first-order valence-electron chi connectivity index (χ1n) is 5.92. The molecule has 0 amide bonds. The number of hydrogen-bond donors (Lipinski definition) is 1.